The second-order valence-electron chi connectivity index (χ2n) is 8.25. The highest BCUT2D eigenvalue weighted by molar-refractivity contribution is 5.79. The molecule has 0 saturated heterocycles. The second kappa shape index (κ2) is 8.19. The van der Waals surface area contributed by atoms with Gasteiger partial charge in [0.05, 0.1) is 26.1 Å². The van der Waals surface area contributed by atoms with E-state index in [0.717, 1.165) is 6.29 Å². The quantitative estimate of drug-likeness (QED) is 0.323. The lowest BCUT2D eigenvalue weighted by Crippen LogP contribution is -2.07. The third-order valence-corrected chi connectivity index (χ3v) is 5.76. The van der Waals surface area contributed by atoms with Gasteiger partial charge in [-0.25, -0.2) is 0 Å². The Hall–Kier alpha value is -1.91. The monoisotopic (exact) mass is 364 g/mol. The molecule has 4 unspecified atom stereocenters. The van der Waals surface area contributed by atoms with Crippen molar-refractivity contribution in [3.05, 3.63) is 23.8 Å². The fraction of sp³-hybridized carbons (Fsp3) is 0.667. The predicted molar refractivity (Wildman–Crippen MR) is 100 cm³/mol. The van der Waals surface area contributed by atoms with Crippen LogP contribution in [0.1, 0.15) is 41.5 Å². The van der Waals surface area contributed by atoms with E-state index >= 15 is 0 Å². The molecule has 2 saturated carbocycles. The van der Waals surface area contributed by atoms with Gasteiger partial charge in [0.1, 0.15) is 6.29 Å². The van der Waals surface area contributed by atoms with Gasteiger partial charge in [-0.05, 0) is 42.1 Å². The summed E-state index contributed by atoms with van der Waals surface area (Å²) in [6, 6.07) is 0. The number of carbonyl (C=O) groups is 3. The number of methoxy groups -OCH3 is 2. The first-order valence-electron chi connectivity index (χ1n) is 8.92. The Kier molecular flexibility index (Phi) is 6.97. The molecule has 5 nitrogen and oxygen atoms in total. The second-order valence-corrected chi connectivity index (χ2v) is 8.25. The van der Waals surface area contributed by atoms with Crippen LogP contribution in [0.15, 0.2) is 23.8 Å². The SMILES string of the molecule is C/C=C\C1C(C(=O)OC)C1(C)C.COC(=O)C1C(/C=C(\C)C=O)C1(C)C. The van der Waals surface area contributed by atoms with E-state index in [1.165, 1.54) is 14.2 Å². The number of rotatable bonds is 5. The molecule has 2 aliphatic rings. The van der Waals surface area contributed by atoms with E-state index in [9.17, 15) is 14.4 Å². The van der Waals surface area contributed by atoms with E-state index in [1.54, 1.807) is 6.92 Å². The zero-order chi connectivity index (χ0) is 20.3. The van der Waals surface area contributed by atoms with Gasteiger partial charge < -0.3 is 9.47 Å². The summed E-state index contributed by atoms with van der Waals surface area (Å²) in [6.07, 6.45) is 6.74. The van der Waals surface area contributed by atoms with Crippen LogP contribution in [0.5, 0.6) is 0 Å². The molecule has 2 aliphatic carbocycles. The standard InChI is InChI=1S/C11H16O3.C10H16O2/c1-7(6-12)5-8-9(10(13)14-4)11(8,2)3;1-5-6-7-8(9(11)12-4)10(7,2)3/h5-6,8-9H,1-4H3;5-8H,1-4H3/b7-5+;6-5-. The Bertz CT molecular complexity index is 612. The number of aldehydes is 1. The smallest absolute Gasteiger partial charge is 0.309 e. The van der Waals surface area contributed by atoms with Gasteiger partial charge in [0.25, 0.3) is 0 Å². The number of ether oxygens (including phenoxy) is 2. The zero-order valence-electron chi connectivity index (χ0n) is 17.2. The van der Waals surface area contributed by atoms with Gasteiger partial charge in [0, 0.05) is 0 Å². The summed E-state index contributed by atoms with van der Waals surface area (Å²) in [5.74, 6) is 0.217. The molecule has 0 aromatic heterocycles. The van der Waals surface area contributed by atoms with E-state index in [4.69, 9.17) is 9.47 Å². The maximum absolute atomic E-state index is 11.3. The lowest BCUT2D eigenvalue weighted by atomic mass is 10.1. The number of allylic oxidation sites excluding steroid dienone is 4. The summed E-state index contributed by atoms with van der Waals surface area (Å²) in [5, 5.41) is 0. The Labute approximate surface area is 156 Å². The summed E-state index contributed by atoms with van der Waals surface area (Å²) < 4.78 is 9.41. The predicted octanol–water partition coefficient (Wildman–Crippen LogP) is 3.58. The van der Waals surface area contributed by atoms with Crippen molar-refractivity contribution in [1.29, 1.82) is 0 Å². The zero-order valence-corrected chi connectivity index (χ0v) is 17.2. The third kappa shape index (κ3) is 4.43. The Balaban J connectivity index is 0.000000263. The van der Waals surface area contributed by atoms with E-state index < -0.39 is 0 Å². The van der Waals surface area contributed by atoms with Crippen molar-refractivity contribution in [1.82, 2.24) is 0 Å². The van der Waals surface area contributed by atoms with E-state index in [1.807, 2.05) is 32.9 Å². The van der Waals surface area contributed by atoms with Crippen molar-refractivity contribution in [3.63, 3.8) is 0 Å². The normalized spacial score (nSPS) is 30.7. The average Bonchev–Trinajstić information content (AvgIpc) is 3.35. The topological polar surface area (TPSA) is 69.7 Å². The summed E-state index contributed by atoms with van der Waals surface area (Å²) in [5.41, 5.74) is 0.700. The van der Waals surface area contributed by atoms with Crippen LogP contribution in [-0.4, -0.2) is 32.4 Å². The minimum atomic E-state index is -0.185. The molecule has 5 heteroatoms. The largest absolute Gasteiger partial charge is 0.469 e. The first-order chi connectivity index (χ1) is 12.0. The highest BCUT2D eigenvalue weighted by atomic mass is 16.5. The molecule has 0 aromatic carbocycles. The summed E-state index contributed by atoms with van der Waals surface area (Å²) >= 11 is 0. The van der Waals surface area contributed by atoms with Gasteiger partial charge in [-0.3, -0.25) is 14.4 Å². The molecule has 2 fully saturated rings. The first kappa shape index (κ1) is 22.1. The van der Waals surface area contributed by atoms with Crippen LogP contribution < -0.4 is 0 Å². The molecule has 0 amide bonds. The fourth-order valence-corrected chi connectivity index (χ4v) is 3.71. The van der Waals surface area contributed by atoms with Crippen LogP contribution in [0.4, 0.5) is 0 Å². The van der Waals surface area contributed by atoms with Crippen molar-refractivity contribution in [2.45, 2.75) is 41.5 Å². The van der Waals surface area contributed by atoms with E-state index in [0.29, 0.717) is 11.5 Å². The molecule has 0 N–H and O–H groups in total. The van der Waals surface area contributed by atoms with Crippen molar-refractivity contribution < 1.29 is 23.9 Å². The molecule has 26 heavy (non-hydrogen) atoms. The van der Waals surface area contributed by atoms with Crippen molar-refractivity contribution >= 4 is 18.2 Å². The van der Waals surface area contributed by atoms with Crippen LogP contribution in [0.2, 0.25) is 0 Å². The number of hydrogen-bond acceptors (Lipinski definition) is 5. The highest BCUT2D eigenvalue weighted by Crippen LogP contribution is 2.60. The molecule has 0 spiro atoms. The maximum atomic E-state index is 11.3. The first-order valence-corrected chi connectivity index (χ1v) is 8.92. The molecule has 146 valence electrons. The Morgan fingerprint density at radius 3 is 1.69 bits per heavy atom. The van der Waals surface area contributed by atoms with Crippen LogP contribution >= 0.6 is 0 Å². The van der Waals surface area contributed by atoms with Gasteiger partial charge in [-0.2, -0.15) is 0 Å². The maximum Gasteiger partial charge on any atom is 0.309 e. The van der Waals surface area contributed by atoms with Gasteiger partial charge in [0.15, 0.2) is 0 Å². The number of carbonyl (C=O) groups excluding carboxylic acids is 3. The highest BCUT2D eigenvalue weighted by Gasteiger charge is 2.61. The molecule has 0 heterocycles. The van der Waals surface area contributed by atoms with Gasteiger partial charge in [0.2, 0.25) is 0 Å². The summed E-state index contributed by atoms with van der Waals surface area (Å²) in [4.78, 5) is 33.0. The molecular weight excluding hydrogens is 332 g/mol. The molecule has 0 aliphatic heterocycles. The summed E-state index contributed by atoms with van der Waals surface area (Å²) in [6.45, 7) is 11.9. The Morgan fingerprint density at radius 1 is 0.885 bits per heavy atom. The molecule has 0 radical (unpaired) electrons. The lowest BCUT2D eigenvalue weighted by Gasteiger charge is -1.99. The van der Waals surface area contributed by atoms with Crippen LogP contribution in [-0.2, 0) is 23.9 Å². The van der Waals surface area contributed by atoms with Crippen LogP contribution in [0, 0.1) is 34.5 Å². The van der Waals surface area contributed by atoms with E-state index in [2.05, 4.69) is 19.9 Å². The summed E-state index contributed by atoms with van der Waals surface area (Å²) in [7, 11) is 2.84. The molecule has 0 bridgehead atoms. The van der Waals surface area contributed by atoms with Gasteiger partial charge in [-0.1, -0.05) is 45.9 Å². The van der Waals surface area contributed by atoms with E-state index in [-0.39, 0.29) is 40.5 Å². The average molecular weight is 364 g/mol. The molecule has 4 atom stereocenters. The van der Waals surface area contributed by atoms with Crippen LogP contribution in [0.3, 0.4) is 0 Å². The van der Waals surface area contributed by atoms with Gasteiger partial charge >= 0.3 is 11.9 Å². The van der Waals surface area contributed by atoms with Crippen molar-refractivity contribution in [2.24, 2.45) is 34.5 Å². The fourth-order valence-electron chi connectivity index (χ4n) is 3.71. The third-order valence-electron chi connectivity index (χ3n) is 5.76. The number of esters is 2. The lowest BCUT2D eigenvalue weighted by molar-refractivity contribution is -0.144. The Morgan fingerprint density at radius 2 is 1.31 bits per heavy atom. The minimum absolute atomic E-state index is 0.0682. The van der Waals surface area contributed by atoms with Crippen LogP contribution in [0.25, 0.3) is 0 Å². The van der Waals surface area contributed by atoms with Gasteiger partial charge in [-0.15, -0.1) is 0 Å². The van der Waals surface area contributed by atoms with Crippen molar-refractivity contribution in [3.8, 4) is 0 Å². The number of hydrogen-bond donors (Lipinski definition) is 0. The minimum Gasteiger partial charge on any atom is -0.469 e. The molecule has 0 aromatic rings. The molecular formula is C21H32O5. The van der Waals surface area contributed by atoms with Crippen molar-refractivity contribution in [2.75, 3.05) is 14.2 Å². The molecule has 2 rings (SSSR count).